The van der Waals surface area contributed by atoms with Gasteiger partial charge in [0, 0.05) is 30.6 Å². The van der Waals surface area contributed by atoms with Gasteiger partial charge in [0.15, 0.2) is 5.13 Å². The number of carbonyl (C=O) groups is 3. The predicted molar refractivity (Wildman–Crippen MR) is 164 cm³/mol. The monoisotopic (exact) mass is 582 g/mol. The quantitative estimate of drug-likeness (QED) is 0.147. The van der Waals surface area contributed by atoms with Crippen LogP contribution < -0.4 is 26.4 Å². The molecule has 1 heterocycles. The number of thiazole rings is 1. The van der Waals surface area contributed by atoms with Gasteiger partial charge >= 0.3 is 0 Å². The van der Waals surface area contributed by atoms with E-state index in [9.17, 15) is 14.4 Å². The molecule has 0 saturated heterocycles. The smallest absolute Gasteiger partial charge is 0.272 e. The minimum Gasteiger partial charge on any atom is -0.366 e. The molecule has 0 radical (unpaired) electrons. The van der Waals surface area contributed by atoms with Crippen LogP contribution in [0.1, 0.15) is 66.9 Å². The normalized spacial score (nSPS) is 12.0. The van der Waals surface area contributed by atoms with Gasteiger partial charge in [0.25, 0.3) is 5.91 Å². The van der Waals surface area contributed by atoms with Crippen LogP contribution in [0.2, 0.25) is 0 Å². The second kappa shape index (κ2) is 14.3. The van der Waals surface area contributed by atoms with Crippen molar-refractivity contribution in [3.63, 3.8) is 0 Å². The number of nitrogens with one attached hydrogen (secondary N) is 4. The number of nitrogens with two attached hydrogens (primary N) is 1. The van der Waals surface area contributed by atoms with Crippen molar-refractivity contribution >= 4 is 46.1 Å². The van der Waals surface area contributed by atoms with Gasteiger partial charge in [-0.2, -0.15) is 0 Å². The van der Waals surface area contributed by atoms with E-state index < -0.39 is 11.9 Å². The number of anilines is 1. The van der Waals surface area contributed by atoms with Crippen LogP contribution in [0.15, 0.2) is 53.4 Å². The van der Waals surface area contributed by atoms with E-state index in [0.29, 0.717) is 35.9 Å². The molecule has 9 nitrogen and oxygen atoms in total. The Balaban J connectivity index is 1.60. The molecule has 6 N–H and O–H groups in total. The summed E-state index contributed by atoms with van der Waals surface area (Å²) in [5.41, 5.74) is 8.14. The van der Waals surface area contributed by atoms with Crippen LogP contribution in [0.25, 0.3) is 10.4 Å². The molecule has 1 aromatic heterocycles. The summed E-state index contributed by atoms with van der Waals surface area (Å²) in [6.45, 7) is 9.34. The zero-order chi connectivity index (χ0) is 29.3. The third-order valence-electron chi connectivity index (χ3n) is 6.12. The lowest BCUT2D eigenvalue weighted by Crippen LogP contribution is -2.47. The van der Waals surface area contributed by atoms with Crippen molar-refractivity contribution < 1.29 is 14.4 Å². The maximum absolute atomic E-state index is 13.4. The number of primary amides is 1. The van der Waals surface area contributed by atoms with Gasteiger partial charge < -0.3 is 21.7 Å². The highest BCUT2D eigenvalue weighted by Crippen LogP contribution is 2.34. The van der Waals surface area contributed by atoms with Gasteiger partial charge in [0.05, 0.1) is 4.88 Å². The number of rotatable bonds is 13. The molecule has 40 heavy (non-hydrogen) atoms. The number of hydrogen-bond donors (Lipinski definition) is 5. The van der Waals surface area contributed by atoms with Crippen molar-refractivity contribution in [2.45, 2.75) is 56.9 Å². The van der Waals surface area contributed by atoms with E-state index in [0.717, 1.165) is 21.8 Å². The Kier molecular flexibility index (Phi) is 11.1. The first-order chi connectivity index (χ1) is 19.0. The summed E-state index contributed by atoms with van der Waals surface area (Å²) in [5.74, 6) is -1.09. The Bertz CT molecular complexity index is 1300. The van der Waals surface area contributed by atoms with Crippen LogP contribution in [0.5, 0.6) is 0 Å². The average molecular weight is 583 g/mol. The van der Waals surface area contributed by atoms with Crippen molar-refractivity contribution in [1.29, 1.82) is 0 Å². The van der Waals surface area contributed by atoms with Gasteiger partial charge in [-0.1, -0.05) is 69.7 Å². The fourth-order valence-corrected chi connectivity index (χ4v) is 5.43. The highest BCUT2D eigenvalue weighted by atomic mass is 32.2. The molecule has 3 aromatic rings. The Labute approximate surface area is 244 Å². The SMILES string of the molecule is CCCC(NC(=O)c1nc(NC)sc1-c1ccc(C(C)(C)C)cc1)C(=O)NCCNSc1ccc(C(N)=O)cc1. The van der Waals surface area contributed by atoms with Crippen LogP contribution in [-0.4, -0.2) is 48.9 Å². The molecule has 1 unspecified atom stereocenters. The zero-order valence-corrected chi connectivity index (χ0v) is 25.2. The van der Waals surface area contributed by atoms with Crippen LogP contribution >= 0.6 is 23.3 Å². The van der Waals surface area contributed by atoms with E-state index in [1.807, 2.05) is 19.1 Å². The molecular weight excluding hydrogens is 544 g/mol. The summed E-state index contributed by atoms with van der Waals surface area (Å²) in [5, 5.41) is 9.45. The molecule has 11 heteroatoms. The van der Waals surface area contributed by atoms with Crippen molar-refractivity contribution in [3.05, 3.63) is 65.4 Å². The van der Waals surface area contributed by atoms with E-state index in [4.69, 9.17) is 5.73 Å². The fourth-order valence-electron chi connectivity index (χ4n) is 3.86. The summed E-state index contributed by atoms with van der Waals surface area (Å²) in [4.78, 5) is 43.7. The molecule has 0 aliphatic carbocycles. The molecule has 0 saturated carbocycles. The molecule has 3 rings (SSSR count). The van der Waals surface area contributed by atoms with Crippen LogP contribution in [-0.2, 0) is 10.2 Å². The summed E-state index contributed by atoms with van der Waals surface area (Å²) in [7, 11) is 1.77. The Morgan fingerprint density at radius 2 is 1.70 bits per heavy atom. The molecule has 1 atom stereocenters. The Morgan fingerprint density at radius 3 is 2.27 bits per heavy atom. The third-order valence-corrected chi connectivity index (χ3v) is 8.10. The Morgan fingerprint density at radius 1 is 1.02 bits per heavy atom. The second-order valence-corrected chi connectivity index (χ2v) is 12.2. The van der Waals surface area contributed by atoms with Crippen molar-refractivity contribution in [2.75, 3.05) is 25.5 Å². The van der Waals surface area contributed by atoms with Gasteiger partial charge in [-0.15, -0.1) is 0 Å². The topological polar surface area (TPSA) is 138 Å². The maximum atomic E-state index is 13.4. The molecule has 2 aromatic carbocycles. The zero-order valence-electron chi connectivity index (χ0n) is 23.6. The summed E-state index contributed by atoms with van der Waals surface area (Å²) in [6.07, 6.45) is 1.23. The molecule has 0 bridgehead atoms. The van der Waals surface area contributed by atoms with Gasteiger partial charge in [-0.3, -0.25) is 19.1 Å². The highest BCUT2D eigenvalue weighted by Gasteiger charge is 2.25. The van der Waals surface area contributed by atoms with Crippen molar-refractivity contribution in [2.24, 2.45) is 5.73 Å². The maximum Gasteiger partial charge on any atom is 0.272 e. The lowest BCUT2D eigenvalue weighted by atomic mass is 9.86. The molecule has 0 aliphatic rings. The second-order valence-electron chi connectivity index (χ2n) is 10.3. The van der Waals surface area contributed by atoms with E-state index in [2.05, 4.69) is 58.6 Å². The molecule has 0 spiro atoms. The van der Waals surface area contributed by atoms with Crippen molar-refractivity contribution in [3.8, 4) is 10.4 Å². The number of carbonyl (C=O) groups excluding carboxylic acids is 3. The number of nitrogens with zero attached hydrogens (tertiary/aromatic N) is 1. The number of amides is 3. The van der Waals surface area contributed by atoms with Gasteiger partial charge in [-0.05, 0) is 59.2 Å². The highest BCUT2D eigenvalue weighted by molar-refractivity contribution is 7.97. The first kappa shape index (κ1) is 31.1. The largest absolute Gasteiger partial charge is 0.366 e. The third kappa shape index (κ3) is 8.54. The number of aromatic nitrogens is 1. The van der Waals surface area contributed by atoms with Gasteiger partial charge in [0.2, 0.25) is 11.8 Å². The molecule has 0 fully saturated rings. The van der Waals surface area contributed by atoms with E-state index in [-0.39, 0.29) is 17.2 Å². The molecule has 3 amide bonds. The molecular formula is C29H38N6O3S2. The first-order valence-electron chi connectivity index (χ1n) is 13.2. The van der Waals surface area contributed by atoms with Gasteiger partial charge in [0.1, 0.15) is 11.7 Å². The lowest BCUT2D eigenvalue weighted by Gasteiger charge is -2.19. The van der Waals surface area contributed by atoms with Gasteiger partial charge in [-0.25, -0.2) is 4.98 Å². The number of hydrogen-bond acceptors (Lipinski definition) is 8. The number of benzene rings is 2. The van der Waals surface area contributed by atoms with E-state index >= 15 is 0 Å². The summed E-state index contributed by atoms with van der Waals surface area (Å²) < 4.78 is 3.17. The van der Waals surface area contributed by atoms with E-state index in [1.54, 1.807) is 31.3 Å². The Hall–Kier alpha value is -3.41. The molecule has 0 aliphatic heterocycles. The van der Waals surface area contributed by atoms with E-state index in [1.165, 1.54) is 28.8 Å². The lowest BCUT2D eigenvalue weighted by molar-refractivity contribution is -0.123. The van der Waals surface area contributed by atoms with Crippen LogP contribution in [0.4, 0.5) is 5.13 Å². The first-order valence-corrected chi connectivity index (χ1v) is 14.8. The summed E-state index contributed by atoms with van der Waals surface area (Å²) >= 11 is 2.79. The standard InChI is InChI=1S/C29H38N6O3S2/c1-6-7-22(26(37)32-16-17-33-40-21-14-10-19(11-15-21)25(30)36)34-27(38)23-24(39-28(31-5)35-23)18-8-12-20(13-9-18)29(2,3)4/h8-15,22,33H,6-7,16-17H2,1-5H3,(H2,30,36)(H,31,35)(H,32,37)(H,34,38). The predicted octanol–water partition coefficient (Wildman–Crippen LogP) is 4.56. The van der Waals surface area contributed by atoms with Crippen LogP contribution in [0.3, 0.4) is 0 Å². The molecule has 214 valence electrons. The summed E-state index contributed by atoms with van der Waals surface area (Å²) in [6, 6.07) is 14.4. The minimum absolute atomic E-state index is 0.0231. The van der Waals surface area contributed by atoms with Crippen LogP contribution in [0, 0.1) is 0 Å². The minimum atomic E-state index is -0.678. The fraction of sp³-hybridized carbons (Fsp3) is 0.379. The van der Waals surface area contributed by atoms with Crippen molar-refractivity contribution in [1.82, 2.24) is 20.3 Å². The average Bonchev–Trinajstić information content (AvgIpc) is 3.37.